The zero-order chi connectivity index (χ0) is 31.5. The van der Waals surface area contributed by atoms with Crippen molar-refractivity contribution in [1.82, 2.24) is 10.0 Å². The van der Waals surface area contributed by atoms with Gasteiger partial charge in [0, 0.05) is 17.9 Å². The highest BCUT2D eigenvalue weighted by molar-refractivity contribution is 7.90. The zero-order valence-electron chi connectivity index (χ0n) is 24.4. The topological polar surface area (TPSA) is 177 Å². The average molecular weight is 626 g/mol. The van der Waals surface area contributed by atoms with Gasteiger partial charge in [0.15, 0.2) is 0 Å². The summed E-state index contributed by atoms with van der Waals surface area (Å²) >= 11 is 0. The highest BCUT2D eigenvalue weighted by Gasteiger charge is 2.25. The van der Waals surface area contributed by atoms with Gasteiger partial charge in [-0.15, -0.1) is 0 Å². The summed E-state index contributed by atoms with van der Waals surface area (Å²) in [5.74, 6) is -0.215. The number of nitrogens with two attached hydrogens (primary N) is 1. The first-order valence-corrected chi connectivity index (χ1v) is 16.3. The molecule has 4 rings (SSSR count). The van der Waals surface area contributed by atoms with Crippen LogP contribution in [0.1, 0.15) is 65.6 Å². The Morgan fingerprint density at radius 1 is 0.977 bits per heavy atom. The Morgan fingerprint density at radius 3 is 2.34 bits per heavy atom. The fourth-order valence-corrected chi connectivity index (χ4v) is 6.11. The maximum absolute atomic E-state index is 13.0. The molecule has 0 aliphatic heterocycles. The monoisotopic (exact) mass is 625 g/mol. The molecule has 1 aliphatic carbocycles. The van der Waals surface area contributed by atoms with Gasteiger partial charge in [0.05, 0.1) is 12.3 Å². The number of carbonyl (C=O) groups excluding carboxylic acids is 2. The number of carbonyl (C=O) groups is 2. The molecule has 0 saturated heterocycles. The summed E-state index contributed by atoms with van der Waals surface area (Å²) in [5.41, 5.74) is 9.78. The van der Waals surface area contributed by atoms with E-state index in [1.54, 1.807) is 48.5 Å². The van der Waals surface area contributed by atoms with Crippen LogP contribution < -0.4 is 20.5 Å². The number of amides is 2. The normalized spacial score (nSPS) is 14.1. The first kappa shape index (κ1) is 32.8. The number of aliphatic hydroxyl groups is 2. The Morgan fingerprint density at radius 2 is 1.66 bits per heavy atom. The minimum atomic E-state index is -3.85. The van der Waals surface area contributed by atoms with E-state index < -0.39 is 28.1 Å². The second-order valence-electron chi connectivity index (χ2n) is 10.7. The van der Waals surface area contributed by atoms with E-state index in [9.17, 15) is 23.1 Å². The second kappa shape index (κ2) is 15.6. The molecule has 1 fully saturated rings. The molecule has 6 N–H and O–H groups in total. The summed E-state index contributed by atoms with van der Waals surface area (Å²) in [6.45, 7) is -0.0743. The van der Waals surface area contributed by atoms with Gasteiger partial charge in [0.25, 0.3) is 5.91 Å². The fourth-order valence-electron chi connectivity index (χ4n) is 5.11. The summed E-state index contributed by atoms with van der Waals surface area (Å²) in [7, 11) is -3.85. The Balaban J connectivity index is 1.30. The van der Waals surface area contributed by atoms with Crippen LogP contribution in [0.2, 0.25) is 0 Å². The van der Waals surface area contributed by atoms with Crippen LogP contribution in [0.25, 0.3) is 11.1 Å². The van der Waals surface area contributed by atoms with E-state index in [2.05, 4.69) is 10.0 Å². The van der Waals surface area contributed by atoms with E-state index >= 15 is 0 Å². The van der Waals surface area contributed by atoms with Gasteiger partial charge in [-0.05, 0) is 77.8 Å². The van der Waals surface area contributed by atoms with Crippen molar-refractivity contribution in [3.8, 4) is 16.9 Å². The van der Waals surface area contributed by atoms with Crippen molar-refractivity contribution in [2.24, 2.45) is 0 Å². The van der Waals surface area contributed by atoms with E-state index in [-0.39, 0.29) is 44.5 Å². The zero-order valence-corrected chi connectivity index (χ0v) is 25.2. The fraction of sp³-hybridized carbons (Fsp3) is 0.375. The molecule has 3 aromatic rings. The molecule has 0 unspecified atom stereocenters. The maximum atomic E-state index is 13.0. The number of alkyl carbamates (subject to hydrolysis) is 1. The molecule has 11 nitrogen and oxygen atoms in total. The second-order valence-corrected chi connectivity index (χ2v) is 12.5. The first-order chi connectivity index (χ1) is 21.1. The van der Waals surface area contributed by atoms with Crippen LogP contribution in [0, 0.1) is 0 Å². The van der Waals surface area contributed by atoms with Crippen LogP contribution in [-0.4, -0.2) is 62.7 Å². The predicted octanol–water partition coefficient (Wildman–Crippen LogP) is 3.87. The molecule has 0 radical (unpaired) electrons. The average Bonchev–Trinajstić information content (AvgIpc) is 3.56. The number of hydrogen-bond acceptors (Lipinski definition) is 9. The number of sulfonamides is 1. The van der Waals surface area contributed by atoms with Crippen molar-refractivity contribution < 1.29 is 37.7 Å². The number of hydrogen-bond donors (Lipinski definition) is 5. The van der Waals surface area contributed by atoms with Crippen LogP contribution >= 0.6 is 0 Å². The molecule has 12 heteroatoms. The number of anilines is 1. The SMILES string of the molecule is Nc1ccc([C@@H](O)COC(=O)NCCOc2ccc(-c3ccc(C(=O)NS(=O)(=O)CCCO)c(C4CCCC4)c3)cc2)cc1. The third kappa shape index (κ3) is 9.43. The molecule has 0 spiro atoms. The third-order valence-electron chi connectivity index (χ3n) is 7.43. The highest BCUT2D eigenvalue weighted by atomic mass is 32.2. The van der Waals surface area contributed by atoms with Gasteiger partial charge >= 0.3 is 6.09 Å². The molecule has 44 heavy (non-hydrogen) atoms. The van der Waals surface area contributed by atoms with Crippen molar-refractivity contribution in [3.63, 3.8) is 0 Å². The molecular formula is C32H39N3O8S. The summed E-state index contributed by atoms with van der Waals surface area (Å²) in [4.78, 5) is 24.9. The largest absolute Gasteiger partial charge is 0.492 e. The Bertz CT molecular complexity index is 1510. The van der Waals surface area contributed by atoms with Crippen molar-refractivity contribution >= 4 is 27.7 Å². The quantitative estimate of drug-likeness (QED) is 0.131. The van der Waals surface area contributed by atoms with E-state index in [1.165, 1.54) is 0 Å². The summed E-state index contributed by atoms with van der Waals surface area (Å²) in [6, 6.07) is 19.5. The van der Waals surface area contributed by atoms with Gasteiger partial charge in [0.1, 0.15) is 25.1 Å². The Kier molecular flexibility index (Phi) is 11.6. The smallest absolute Gasteiger partial charge is 0.407 e. The van der Waals surface area contributed by atoms with Crippen LogP contribution in [0.3, 0.4) is 0 Å². The lowest BCUT2D eigenvalue weighted by Gasteiger charge is -2.17. The third-order valence-corrected chi connectivity index (χ3v) is 8.75. The molecular weight excluding hydrogens is 586 g/mol. The summed E-state index contributed by atoms with van der Waals surface area (Å²) < 4.78 is 37.5. The number of rotatable bonds is 14. The lowest BCUT2D eigenvalue weighted by Crippen LogP contribution is -2.33. The molecule has 0 heterocycles. The molecule has 1 atom stereocenters. The molecule has 236 valence electrons. The lowest BCUT2D eigenvalue weighted by atomic mass is 9.89. The van der Waals surface area contributed by atoms with Gasteiger partial charge in [-0.3, -0.25) is 4.79 Å². The summed E-state index contributed by atoms with van der Waals surface area (Å²) in [5, 5.41) is 21.7. The van der Waals surface area contributed by atoms with Crippen molar-refractivity contribution in [2.75, 3.05) is 37.9 Å². The Hall–Kier alpha value is -4.13. The van der Waals surface area contributed by atoms with Crippen molar-refractivity contribution in [3.05, 3.63) is 83.4 Å². The molecule has 3 aromatic carbocycles. The van der Waals surface area contributed by atoms with E-state index in [4.69, 9.17) is 20.3 Å². The van der Waals surface area contributed by atoms with Crippen molar-refractivity contribution in [2.45, 2.75) is 44.1 Å². The van der Waals surface area contributed by atoms with Gasteiger partial charge in [-0.1, -0.05) is 49.2 Å². The number of benzene rings is 3. The van der Waals surface area contributed by atoms with E-state index in [0.29, 0.717) is 22.6 Å². The highest BCUT2D eigenvalue weighted by Crippen LogP contribution is 2.38. The number of ether oxygens (including phenoxy) is 2. The molecule has 0 aromatic heterocycles. The maximum Gasteiger partial charge on any atom is 0.407 e. The predicted molar refractivity (Wildman–Crippen MR) is 167 cm³/mol. The van der Waals surface area contributed by atoms with Crippen LogP contribution in [0.4, 0.5) is 10.5 Å². The van der Waals surface area contributed by atoms with Crippen LogP contribution in [0.5, 0.6) is 5.75 Å². The van der Waals surface area contributed by atoms with Gasteiger partial charge in [0.2, 0.25) is 10.0 Å². The van der Waals surface area contributed by atoms with Crippen molar-refractivity contribution in [1.29, 1.82) is 0 Å². The molecule has 0 bridgehead atoms. The number of nitrogens with one attached hydrogen (secondary N) is 2. The lowest BCUT2D eigenvalue weighted by molar-refractivity contribution is 0.0676. The van der Waals surface area contributed by atoms with E-state index in [0.717, 1.165) is 42.4 Å². The van der Waals surface area contributed by atoms with Gasteiger partial charge < -0.3 is 30.7 Å². The molecule has 1 saturated carbocycles. The van der Waals surface area contributed by atoms with Gasteiger partial charge in [-0.2, -0.15) is 0 Å². The molecule has 1 aliphatic rings. The van der Waals surface area contributed by atoms with Gasteiger partial charge in [-0.25, -0.2) is 17.9 Å². The van der Waals surface area contributed by atoms with Crippen LogP contribution in [0.15, 0.2) is 66.7 Å². The number of nitrogen functional groups attached to an aromatic ring is 1. The Labute approximate surface area is 257 Å². The molecule has 2 amide bonds. The summed E-state index contributed by atoms with van der Waals surface area (Å²) in [6.07, 6.45) is 2.38. The van der Waals surface area contributed by atoms with E-state index in [1.807, 2.05) is 18.2 Å². The minimum absolute atomic E-state index is 0.0524. The number of aliphatic hydroxyl groups excluding tert-OH is 2. The first-order valence-electron chi connectivity index (χ1n) is 14.6. The minimum Gasteiger partial charge on any atom is -0.492 e. The van der Waals surface area contributed by atoms with Crippen LogP contribution in [-0.2, 0) is 14.8 Å². The standard InChI is InChI=1S/C32H39N3O8S/c33-26-11-6-24(7-12-26)30(37)21-43-32(39)34-16-18-42-27-13-8-22(9-14-27)25-10-15-28(29(20-25)23-4-1-2-5-23)31(38)35-44(40,41)19-3-17-36/h6-15,20,23,30,36-37H,1-5,16-19,21,33H2,(H,34,39)(H,35,38)/t30-/m0/s1.